The fraction of sp³-hybridized carbons (Fsp3) is 0.400. The van der Waals surface area contributed by atoms with Crippen molar-refractivity contribution in [1.29, 1.82) is 0 Å². The van der Waals surface area contributed by atoms with E-state index >= 15 is 0 Å². The third-order valence-corrected chi connectivity index (χ3v) is 4.15. The van der Waals surface area contributed by atoms with Gasteiger partial charge in [0.25, 0.3) is 5.91 Å². The zero-order chi connectivity index (χ0) is 13.5. The van der Waals surface area contributed by atoms with Gasteiger partial charge in [0.1, 0.15) is 11.8 Å². The van der Waals surface area contributed by atoms with Crippen molar-refractivity contribution in [2.45, 2.75) is 25.3 Å². The maximum absolute atomic E-state index is 12.7. The summed E-state index contributed by atoms with van der Waals surface area (Å²) >= 11 is 0. The number of carbonyl (C=O) groups is 1. The summed E-state index contributed by atoms with van der Waals surface area (Å²) in [5.41, 5.74) is 7.00. The Hall–Kier alpha value is -1.81. The van der Waals surface area contributed by atoms with Crippen molar-refractivity contribution in [2.75, 3.05) is 13.1 Å². The average molecular weight is 258 g/mol. The van der Waals surface area contributed by atoms with Gasteiger partial charge in [-0.25, -0.2) is 0 Å². The predicted octanol–water partition coefficient (Wildman–Crippen LogP) is 2.39. The summed E-state index contributed by atoms with van der Waals surface area (Å²) in [6, 6.07) is 7.61. The molecule has 1 aromatic carbocycles. The number of furan rings is 1. The summed E-state index contributed by atoms with van der Waals surface area (Å²) in [6.45, 7) is 3.32. The SMILES string of the molecule is CC1(CN)CCCN1C(=O)c1coc2ccccc12. The van der Waals surface area contributed by atoms with Crippen LogP contribution in [0.3, 0.4) is 0 Å². The van der Waals surface area contributed by atoms with E-state index in [4.69, 9.17) is 10.2 Å². The van der Waals surface area contributed by atoms with Gasteiger partial charge in [0.15, 0.2) is 0 Å². The van der Waals surface area contributed by atoms with Crippen LogP contribution in [0.5, 0.6) is 0 Å². The number of fused-ring (bicyclic) bond motifs is 1. The number of hydrogen-bond donors (Lipinski definition) is 1. The number of nitrogens with zero attached hydrogens (tertiary/aromatic N) is 1. The molecular weight excluding hydrogens is 240 g/mol. The smallest absolute Gasteiger partial charge is 0.258 e. The van der Waals surface area contributed by atoms with E-state index in [2.05, 4.69) is 6.92 Å². The molecule has 1 unspecified atom stereocenters. The topological polar surface area (TPSA) is 59.5 Å². The molecule has 0 radical (unpaired) electrons. The molecular formula is C15H18N2O2. The number of hydrogen-bond acceptors (Lipinski definition) is 3. The Kier molecular flexibility index (Phi) is 2.82. The fourth-order valence-corrected chi connectivity index (χ4v) is 2.87. The number of nitrogens with two attached hydrogens (primary N) is 1. The molecule has 2 N–H and O–H groups in total. The second-order valence-electron chi connectivity index (χ2n) is 5.41. The first-order valence-corrected chi connectivity index (χ1v) is 6.64. The van der Waals surface area contributed by atoms with Crippen LogP contribution in [0.25, 0.3) is 11.0 Å². The first-order valence-electron chi connectivity index (χ1n) is 6.64. The molecule has 3 rings (SSSR count). The van der Waals surface area contributed by atoms with E-state index in [1.54, 1.807) is 6.26 Å². The molecule has 1 atom stereocenters. The van der Waals surface area contributed by atoms with Crippen LogP contribution in [0.1, 0.15) is 30.1 Å². The van der Waals surface area contributed by atoms with Gasteiger partial charge >= 0.3 is 0 Å². The first kappa shape index (κ1) is 12.2. The molecule has 1 amide bonds. The number of carbonyl (C=O) groups excluding carboxylic acids is 1. The van der Waals surface area contributed by atoms with E-state index < -0.39 is 0 Å². The molecule has 2 aromatic rings. The molecule has 4 heteroatoms. The number of rotatable bonds is 2. The van der Waals surface area contributed by atoms with Gasteiger partial charge in [0, 0.05) is 18.5 Å². The van der Waals surface area contributed by atoms with Gasteiger partial charge in [-0.3, -0.25) is 4.79 Å². The lowest BCUT2D eigenvalue weighted by molar-refractivity contribution is 0.0638. The average Bonchev–Trinajstić information content (AvgIpc) is 3.02. The van der Waals surface area contributed by atoms with Crippen LogP contribution >= 0.6 is 0 Å². The molecule has 1 aromatic heterocycles. The molecule has 0 spiro atoms. The standard InChI is InChI=1S/C15H18N2O2/c1-15(10-16)7-4-8-17(15)14(18)12-9-19-13-6-3-2-5-11(12)13/h2-3,5-6,9H,4,7-8,10,16H2,1H3. The van der Waals surface area contributed by atoms with E-state index in [1.165, 1.54) is 0 Å². The fourth-order valence-electron chi connectivity index (χ4n) is 2.87. The summed E-state index contributed by atoms with van der Waals surface area (Å²) < 4.78 is 5.45. The lowest BCUT2D eigenvalue weighted by Gasteiger charge is -2.34. The number of likely N-dealkylation sites (tertiary alicyclic amines) is 1. The monoisotopic (exact) mass is 258 g/mol. The summed E-state index contributed by atoms with van der Waals surface area (Å²) in [4.78, 5) is 14.6. The van der Waals surface area contributed by atoms with Gasteiger partial charge in [-0.1, -0.05) is 18.2 Å². The quantitative estimate of drug-likeness (QED) is 0.899. The van der Waals surface area contributed by atoms with Crippen LogP contribution in [0.15, 0.2) is 34.9 Å². The van der Waals surface area contributed by atoms with Crippen molar-refractivity contribution >= 4 is 16.9 Å². The largest absolute Gasteiger partial charge is 0.463 e. The molecule has 1 saturated heterocycles. The van der Waals surface area contributed by atoms with Crippen molar-refractivity contribution in [3.63, 3.8) is 0 Å². The van der Waals surface area contributed by atoms with Crippen LogP contribution in [-0.4, -0.2) is 29.4 Å². The number of benzene rings is 1. The van der Waals surface area contributed by atoms with Gasteiger partial charge < -0.3 is 15.1 Å². The molecule has 4 nitrogen and oxygen atoms in total. The third-order valence-electron chi connectivity index (χ3n) is 4.15. The van der Waals surface area contributed by atoms with E-state index in [-0.39, 0.29) is 11.4 Å². The lowest BCUT2D eigenvalue weighted by atomic mass is 9.98. The highest BCUT2D eigenvalue weighted by Gasteiger charge is 2.39. The van der Waals surface area contributed by atoms with Gasteiger partial charge in [-0.05, 0) is 25.8 Å². The van der Waals surface area contributed by atoms with Gasteiger partial charge in [0.2, 0.25) is 0 Å². The molecule has 100 valence electrons. The molecule has 0 aliphatic carbocycles. The Labute approximate surface area is 112 Å². The third kappa shape index (κ3) is 1.83. The number of para-hydroxylation sites is 1. The molecule has 0 bridgehead atoms. The second kappa shape index (κ2) is 4.38. The maximum Gasteiger partial charge on any atom is 0.258 e. The van der Waals surface area contributed by atoms with Crippen molar-refractivity contribution < 1.29 is 9.21 Å². The van der Waals surface area contributed by atoms with E-state index in [1.807, 2.05) is 29.2 Å². The van der Waals surface area contributed by atoms with E-state index in [9.17, 15) is 4.79 Å². The molecule has 19 heavy (non-hydrogen) atoms. The van der Waals surface area contributed by atoms with Crippen molar-refractivity contribution in [3.8, 4) is 0 Å². The van der Waals surface area contributed by atoms with Crippen molar-refractivity contribution in [3.05, 3.63) is 36.1 Å². The molecule has 1 aliphatic heterocycles. The van der Waals surface area contributed by atoms with Crippen LogP contribution < -0.4 is 5.73 Å². The Morgan fingerprint density at radius 1 is 1.47 bits per heavy atom. The van der Waals surface area contributed by atoms with Gasteiger partial charge in [-0.15, -0.1) is 0 Å². The highest BCUT2D eigenvalue weighted by molar-refractivity contribution is 6.06. The maximum atomic E-state index is 12.7. The summed E-state index contributed by atoms with van der Waals surface area (Å²) in [7, 11) is 0. The molecule has 0 saturated carbocycles. The lowest BCUT2D eigenvalue weighted by Crippen LogP contribution is -2.49. The normalized spacial score (nSPS) is 23.2. The predicted molar refractivity (Wildman–Crippen MR) is 73.9 cm³/mol. The van der Waals surface area contributed by atoms with Crippen LogP contribution in [0.4, 0.5) is 0 Å². The van der Waals surface area contributed by atoms with Crippen LogP contribution in [0.2, 0.25) is 0 Å². The summed E-state index contributed by atoms with van der Waals surface area (Å²) in [5, 5.41) is 0.874. The minimum atomic E-state index is -0.227. The highest BCUT2D eigenvalue weighted by Crippen LogP contribution is 2.31. The van der Waals surface area contributed by atoms with Crippen molar-refractivity contribution in [1.82, 2.24) is 4.90 Å². The minimum absolute atomic E-state index is 0.0235. The Morgan fingerprint density at radius 3 is 3.05 bits per heavy atom. The van der Waals surface area contributed by atoms with Gasteiger partial charge in [0.05, 0.1) is 11.1 Å². The zero-order valence-corrected chi connectivity index (χ0v) is 11.1. The second-order valence-corrected chi connectivity index (χ2v) is 5.41. The number of amides is 1. The first-order chi connectivity index (χ1) is 9.15. The molecule has 1 fully saturated rings. The summed E-state index contributed by atoms with van der Waals surface area (Å²) in [6.07, 6.45) is 3.53. The van der Waals surface area contributed by atoms with Crippen molar-refractivity contribution in [2.24, 2.45) is 5.73 Å². The van der Waals surface area contributed by atoms with Crippen LogP contribution in [-0.2, 0) is 0 Å². The van der Waals surface area contributed by atoms with Gasteiger partial charge in [-0.2, -0.15) is 0 Å². The molecule has 2 heterocycles. The Balaban J connectivity index is 2.00. The highest BCUT2D eigenvalue weighted by atomic mass is 16.3. The zero-order valence-electron chi connectivity index (χ0n) is 11.1. The van der Waals surface area contributed by atoms with E-state index in [0.717, 1.165) is 30.4 Å². The van der Waals surface area contributed by atoms with Crippen LogP contribution in [0, 0.1) is 0 Å². The minimum Gasteiger partial charge on any atom is -0.463 e. The summed E-state index contributed by atoms with van der Waals surface area (Å²) in [5.74, 6) is 0.0235. The Bertz CT molecular complexity index is 619. The molecule has 1 aliphatic rings. The van der Waals surface area contributed by atoms with E-state index in [0.29, 0.717) is 12.1 Å². The Morgan fingerprint density at radius 2 is 2.26 bits per heavy atom.